The maximum absolute atomic E-state index is 9.37. The molecule has 1 aromatic rings. The van der Waals surface area contributed by atoms with Crippen LogP contribution in [0.3, 0.4) is 0 Å². The fourth-order valence-corrected chi connectivity index (χ4v) is 2.07. The Morgan fingerprint density at radius 1 is 1.36 bits per heavy atom. The summed E-state index contributed by atoms with van der Waals surface area (Å²) in [5, 5.41) is 18.4. The number of aliphatic hydroxyl groups is 1. The third-order valence-electron chi connectivity index (χ3n) is 2.93. The second-order valence-corrected chi connectivity index (χ2v) is 4.05. The summed E-state index contributed by atoms with van der Waals surface area (Å²) >= 11 is 0. The van der Waals surface area contributed by atoms with Crippen molar-refractivity contribution in [1.29, 1.82) is 0 Å². The van der Waals surface area contributed by atoms with Crippen molar-refractivity contribution in [2.75, 3.05) is 6.61 Å². The van der Waals surface area contributed by atoms with E-state index < -0.39 is 0 Å². The molecule has 0 heterocycles. The minimum absolute atomic E-state index is 0.233. The second kappa shape index (κ2) is 4.01. The van der Waals surface area contributed by atoms with Gasteiger partial charge in [-0.25, -0.2) is 0 Å². The summed E-state index contributed by atoms with van der Waals surface area (Å²) in [4.78, 5) is 0. The lowest BCUT2D eigenvalue weighted by Crippen LogP contribution is -2.03. The Morgan fingerprint density at radius 2 is 2.14 bits per heavy atom. The molecule has 2 N–H and O–H groups in total. The Hall–Kier alpha value is -1.02. The van der Waals surface area contributed by atoms with Crippen LogP contribution in [0.1, 0.15) is 30.7 Å². The van der Waals surface area contributed by atoms with Crippen molar-refractivity contribution in [3.8, 4) is 5.75 Å². The van der Waals surface area contributed by atoms with E-state index in [1.54, 1.807) is 6.07 Å². The fraction of sp³-hybridized carbons (Fsp3) is 0.500. The minimum Gasteiger partial charge on any atom is -0.508 e. The summed E-state index contributed by atoms with van der Waals surface area (Å²) in [6.45, 7) is 0.233. The van der Waals surface area contributed by atoms with Crippen molar-refractivity contribution >= 4 is 0 Å². The quantitative estimate of drug-likeness (QED) is 0.768. The van der Waals surface area contributed by atoms with Gasteiger partial charge in [-0.15, -0.1) is 0 Å². The van der Waals surface area contributed by atoms with Crippen LogP contribution >= 0.6 is 0 Å². The zero-order chi connectivity index (χ0) is 9.97. The van der Waals surface area contributed by atoms with Gasteiger partial charge in [0.1, 0.15) is 5.75 Å². The van der Waals surface area contributed by atoms with Crippen LogP contribution in [0.5, 0.6) is 5.75 Å². The smallest absolute Gasteiger partial charge is 0.115 e. The lowest BCUT2D eigenvalue weighted by atomic mass is 9.91. The molecule has 0 spiro atoms. The number of rotatable bonds is 4. The predicted molar refractivity (Wildman–Crippen MR) is 55.3 cm³/mol. The van der Waals surface area contributed by atoms with E-state index in [1.165, 1.54) is 18.4 Å². The molecule has 1 aliphatic carbocycles. The monoisotopic (exact) mass is 192 g/mol. The number of aliphatic hydroxyl groups excluding tert-OH is 1. The standard InChI is InChI=1S/C12H16O2/c13-7-6-12(9-4-5-9)10-2-1-3-11(14)8-10/h1-3,8-9,12-14H,4-7H2. The van der Waals surface area contributed by atoms with Gasteiger partial charge < -0.3 is 10.2 Å². The summed E-state index contributed by atoms with van der Waals surface area (Å²) in [6, 6.07) is 7.42. The van der Waals surface area contributed by atoms with Gasteiger partial charge in [-0.05, 0) is 48.8 Å². The topological polar surface area (TPSA) is 40.5 Å². The molecule has 1 atom stereocenters. The lowest BCUT2D eigenvalue weighted by molar-refractivity contribution is 0.269. The van der Waals surface area contributed by atoms with E-state index in [4.69, 9.17) is 5.11 Å². The molecule has 1 saturated carbocycles. The van der Waals surface area contributed by atoms with Crippen molar-refractivity contribution in [1.82, 2.24) is 0 Å². The zero-order valence-corrected chi connectivity index (χ0v) is 8.19. The van der Waals surface area contributed by atoms with E-state index >= 15 is 0 Å². The summed E-state index contributed by atoms with van der Waals surface area (Å²) in [7, 11) is 0. The molecule has 0 aromatic heterocycles. The van der Waals surface area contributed by atoms with Crippen molar-refractivity contribution in [3.05, 3.63) is 29.8 Å². The van der Waals surface area contributed by atoms with Crippen molar-refractivity contribution in [2.45, 2.75) is 25.2 Å². The third kappa shape index (κ3) is 2.07. The fourth-order valence-electron chi connectivity index (χ4n) is 2.07. The number of hydrogen-bond donors (Lipinski definition) is 2. The normalized spacial score (nSPS) is 18.1. The predicted octanol–water partition coefficient (Wildman–Crippen LogP) is 2.27. The lowest BCUT2D eigenvalue weighted by Gasteiger charge is -2.15. The number of benzene rings is 1. The van der Waals surface area contributed by atoms with E-state index in [2.05, 4.69) is 0 Å². The van der Waals surface area contributed by atoms with Gasteiger partial charge in [-0.3, -0.25) is 0 Å². The van der Waals surface area contributed by atoms with Crippen LogP contribution in [0, 0.1) is 5.92 Å². The summed E-state index contributed by atoms with van der Waals surface area (Å²) in [5.74, 6) is 1.49. The average Bonchev–Trinajstić information content (AvgIpc) is 2.97. The molecule has 2 heteroatoms. The first-order valence-electron chi connectivity index (χ1n) is 5.21. The van der Waals surface area contributed by atoms with Crippen LogP contribution in [0.4, 0.5) is 0 Å². The van der Waals surface area contributed by atoms with Crippen molar-refractivity contribution in [2.24, 2.45) is 5.92 Å². The molecule has 0 saturated heterocycles. The molecule has 0 amide bonds. The first-order valence-corrected chi connectivity index (χ1v) is 5.21. The van der Waals surface area contributed by atoms with Crippen LogP contribution < -0.4 is 0 Å². The van der Waals surface area contributed by atoms with Gasteiger partial charge >= 0.3 is 0 Å². The first-order chi connectivity index (χ1) is 6.81. The Kier molecular flexibility index (Phi) is 2.73. The Morgan fingerprint density at radius 3 is 2.71 bits per heavy atom. The van der Waals surface area contributed by atoms with Gasteiger partial charge in [-0.2, -0.15) is 0 Å². The van der Waals surface area contributed by atoms with E-state index in [9.17, 15) is 5.11 Å². The number of phenolic OH excluding ortho intramolecular Hbond substituents is 1. The highest BCUT2D eigenvalue weighted by molar-refractivity contribution is 5.30. The molecule has 2 nitrogen and oxygen atoms in total. The molecule has 0 radical (unpaired) electrons. The van der Waals surface area contributed by atoms with Gasteiger partial charge in [0.2, 0.25) is 0 Å². The maximum Gasteiger partial charge on any atom is 0.115 e. The molecule has 0 bridgehead atoms. The summed E-state index contributed by atoms with van der Waals surface area (Å²) in [5.41, 5.74) is 1.17. The number of hydrogen-bond acceptors (Lipinski definition) is 2. The second-order valence-electron chi connectivity index (χ2n) is 4.05. The minimum atomic E-state index is 0.233. The van der Waals surface area contributed by atoms with E-state index in [1.807, 2.05) is 18.2 Å². The molecule has 76 valence electrons. The van der Waals surface area contributed by atoms with Crippen LogP contribution in [0.25, 0.3) is 0 Å². The van der Waals surface area contributed by atoms with E-state index in [0.29, 0.717) is 11.7 Å². The molecule has 2 rings (SSSR count). The van der Waals surface area contributed by atoms with Crippen molar-refractivity contribution < 1.29 is 10.2 Å². The van der Waals surface area contributed by atoms with Crippen molar-refractivity contribution in [3.63, 3.8) is 0 Å². The molecular formula is C12H16O2. The molecular weight excluding hydrogens is 176 g/mol. The summed E-state index contributed by atoms with van der Waals surface area (Å²) < 4.78 is 0. The summed E-state index contributed by atoms with van der Waals surface area (Å²) in [6.07, 6.45) is 3.34. The average molecular weight is 192 g/mol. The zero-order valence-electron chi connectivity index (χ0n) is 8.19. The Labute approximate surface area is 84.2 Å². The molecule has 1 fully saturated rings. The highest BCUT2D eigenvalue weighted by Crippen LogP contribution is 2.44. The van der Waals surface area contributed by atoms with E-state index in [0.717, 1.165) is 12.3 Å². The SMILES string of the molecule is OCCC(c1cccc(O)c1)C1CC1. The van der Waals surface area contributed by atoms with Gasteiger partial charge in [0, 0.05) is 6.61 Å². The van der Waals surface area contributed by atoms with Gasteiger partial charge in [-0.1, -0.05) is 12.1 Å². The Balaban J connectivity index is 2.16. The number of phenols is 1. The molecule has 1 aromatic carbocycles. The maximum atomic E-state index is 9.37. The molecule has 0 aliphatic heterocycles. The van der Waals surface area contributed by atoms with Crippen LogP contribution in [0.2, 0.25) is 0 Å². The third-order valence-corrected chi connectivity index (χ3v) is 2.93. The number of aromatic hydroxyl groups is 1. The van der Waals surface area contributed by atoms with Crippen LogP contribution in [0.15, 0.2) is 24.3 Å². The molecule has 1 aliphatic rings. The van der Waals surface area contributed by atoms with Gasteiger partial charge in [0.05, 0.1) is 0 Å². The Bertz CT molecular complexity index is 305. The molecule has 1 unspecified atom stereocenters. The largest absolute Gasteiger partial charge is 0.508 e. The van der Waals surface area contributed by atoms with Crippen LogP contribution in [-0.2, 0) is 0 Å². The highest BCUT2D eigenvalue weighted by Gasteiger charge is 2.31. The highest BCUT2D eigenvalue weighted by atomic mass is 16.3. The van der Waals surface area contributed by atoms with Gasteiger partial charge in [0.15, 0.2) is 0 Å². The van der Waals surface area contributed by atoms with Crippen LogP contribution in [-0.4, -0.2) is 16.8 Å². The first kappa shape index (κ1) is 9.53. The van der Waals surface area contributed by atoms with E-state index in [-0.39, 0.29) is 6.61 Å². The van der Waals surface area contributed by atoms with Gasteiger partial charge in [0.25, 0.3) is 0 Å². The molecule has 14 heavy (non-hydrogen) atoms.